The fourth-order valence-corrected chi connectivity index (χ4v) is 1.83. The fraction of sp³-hybridized carbons (Fsp3) is 0.182. The Morgan fingerprint density at radius 1 is 1.42 bits per heavy atom. The average Bonchev–Trinajstić information content (AvgIpc) is 2.29. The Morgan fingerprint density at radius 3 is 2.58 bits per heavy atom. The number of nitrogens with one attached hydrogen (secondary N) is 1. The predicted molar refractivity (Wildman–Crippen MR) is 66.4 cm³/mol. The van der Waals surface area contributed by atoms with Gasteiger partial charge in [-0.05, 0) is 30.2 Å². The summed E-state index contributed by atoms with van der Waals surface area (Å²) in [6, 6.07) is 4.30. The number of carboxylic acid groups (broad SMARTS) is 1. The Labute approximate surface area is 108 Å². The second-order valence-electron chi connectivity index (χ2n) is 3.65. The molecule has 0 fully saturated rings. The molecule has 0 bridgehead atoms. The lowest BCUT2D eigenvalue weighted by Crippen LogP contribution is -2.21. The van der Waals surface area contributed by atoms with Gasteiger partial charge >= 0.3 is 11.7 Å². The number of aryl methyl sites for hydroxylation is 1. The van der Waals surface area contributed by atoms with Crippen molar-refractivity contribution in [2.45, 2.75) is 12.7 Å². The fourth-order valence-electron chi connectivity index (χ4n) is 1.22. The summed E-state index contributed by atoms with van der Waals surface area (Å²) in [5.74, 6) is -4.71. The molecule has 0 saturated heterocycles. The Kier molecular flexibility index (Phi) is 4.60. The monoisotopic (exact) mass is 291 g/mol. The average molecular weight is 291 g/mol. The molecule has 0 aliphatic rings. The van der Waals surface area contributed by atoms with Crippen molar-refractivity contribution >= 4 is 27.8 Å². The van der Waals surface area contributed by atoms with Crippen molar-refractivity contribution in [3.8, 4) is 0 Å². The Morgan fingerprint density at radius 2 is 2.05 bits per heavy atom. The van der Waals surface area contributed by atoms with E-state index in [4.69, 9.17) is 5.11 Å². The number of hydrogen-bond acceptors (Lipinski definition) is 3. The zero-order valence-electron chi connectivity index (χ0n) is 9.80. The van der Waals surface area contributed by atoms with Gasteiger partial charge in [-0.15, -0.1) is 0 Å². The van der Waals surface area contributed by atoms with Gasteiger partial charge in [-0.2, -0.15) is 8.78 Å². The van der Waals surface area contributed by atoms with Crippen LogP contribution in [0.3, 0.4) is 0 Å². The van der Waals surface area contributed by atoms with E-state index in [0.717, 1.165) is 6.08 Å². The van der Waals surface area contributed by atoms with Gasteiger partial charge in [0.2, 0.25) is 0 Å². The Hall–Kier alpha value is -1.96. The lowest BCUT2D eigenvalue weighted by atomic mass is 10.1. The van der Waals surface area contributed by atoms with E-state index in [1.54, 1.807) is 4.72 Å². The van der Waals surface area contributed by atoms with E-state index in [2.05, 4.69) is 0 Å². The number of rotatable bonds is 5. The molecule has 0 aliphatic carbocycles. The molecular weight excluding hydrogens is 280 g/mol. The lowest BCUT2D eigenvalue weighted by molar-refractivity contribution is -0.131. The molecule has 1 rings (SSSR count). The van der Waals surface area contributed by atoms with Crippen LogP contribution in [-0.4, -0.2) is 25.3 Å². The standard InChI is InChI=1S/C11H11F2NO4S/c1-7-2-3-8(4-5-10(15)16)6-9(7)14-19(17,18)11(12)13/h2-6,11,14H,1H3,(H,15,16). The molecule has 1 aromatic rings. The first-order valence-electron chi connectivity index (χ1n) is 5.04. The molecule has 0 unspecified atom stereocenters. The number of aliphatic carboxylic acids is 1. The van der Waals surface area contributed by atoms with Crippen LogP contribution in [0.5, 0.6) is 0 Å². The van der Waals surface area contributed by atoms with Gasteiger partial charge in [0, 0.05) is 6.08 Å². The molecule has 0 heterocycles. The topological polar surface area (TPSA) is 83.5 Å². The molecule has 5 nitrogen and oxygen atoms in total. The maximum absolute atomic E-state index is 12.2. The number of alkyl halides is 2. The Bertz CT molecular complexity index is 611. The number of anilines is 1. The maximum atomic E-state index is 12.2. The second kappa shape index (κ2) is 5.79. The van der Waals surface area contributed by atoms with E-state index in [1.807, 2.05) is 0 Å². The van der Waals surface area contributed by atoms with Crippen LogP contribution in [0.15, 0.2) is 24.3 Å². The van der Waals surface area contributed by atoms with Gasteiger partial charge in [0.25, 0.3) is 10.0 Å². The summed E-state index contributed by atoms with van der Waals surface area (Å²) in [5, 5.41) is 8.46. The molecule has 19 heavy (non-hydrogen) atoms. The van der Waals surface area contributed by atoms with Gasteiger partial charge < -0.3 is 5.11 Å². The van der Waals surface area contributed by atoms with E-state index in [9.17, 15) is 22.0 Å². The van der Waals surface area contributed by atoms with E-state index >= 15 is 0 Å². The van der Waals surface area contributed by atoms with Crippen molar-refractivity contribution in [2.24, 2.45) is 0 Å². The molecule has 0 aromatic heterocycles. The summed E-state index contributed by atoms with van der Waals surface area (Å²) in [6.45, 7) is 1.54. The maximum Gasteiger partial charge on any atom is 0.355 e. The molecule has 8 heteroatoms. The highest BCUT2D eigenvalue weighted by Crippen LogP contribution is 2.21. The third-order valence-electron chi connectivity index (χ3n) is 2.17. The number of hydrogen-bond donors (Lipinski definition) is 2. The first-order valence-corrected chi connectivity index (χ1v) is 6.58. The van der Waals surface area contributed by atoms with Crippen molar-refractivity contribution in [1.82, 2.24) is 0 Å². The zero-order chi connectivity index (χ0) is 14.6. The van der Waals surface area contributed by atoms with Crippen molar-refractivity contribution in [3.63, 3.8) is 0 Å². The summed E-state index contributed by atoms with van der Waals surface area (Å²) >= 11 is 0. The van der Waals surface area contributed by atoms with Crippen LogP contribution in [0.1, 0.15) is 11.1 Å². The van der Waals surface area contributed by atoms with E-state index in [1.165, 1.54) is 31.2 Å². The van der Waals surface area contributed by atoms with Gasteiger partial charge in [0.15, 0.2) is 0 Å². The van der Waals surface area contributed by atoms with Gasteiger partial charge in [0.1, 0.15) is 0 Å². The quantitative estimate of drug-likeness (QED) is 0.813. The predicted octanol–water partition coefficient (Wildman–Crippen LogP) is 2.06. The third-order valence-corrected chi connectivity index (χ3v) is 3.14. The van der Waals surface area contributed by atoms with Gasteiger partial charge in [0.05, 0.1) is 5.69 Å². The summed E-state index contributed by atoms with van der Waals surface area (Å²) in [4.78, 5) is 10.3. The first-order chi connectivity index (χ1) is 8.72. The number of carboxylic acids is 1. The molecule has 0 atom stereocenters. The first kappa shape index (κ1) is 15.1. The van der Waals surface area contributed by atoms with Crippen LogP contribution < -0.4 is 4.72 Å². The van der Waals surface area contributed by atoms with E-state index in [-0.39, 0.29) is 5.69 Å². The number of sulfonamides is 1. The number of benzene rings is 1. The minimum atomic E-state index is -4.75. The SMILES string of the molecule is Cc1ccc(C=CC(=O)O)cc1NS(=O)(=O)C(F)F. The minimum absolute atomic E-state index is 0.0205. The van der Waals surface area contributed by atoms with Crippen molar-refractivity contribution in [1.29, 1.82) is 0 Å². The van der Waals surface area contributed by atoms with Crippen molar-refractivity contribution in [2.75, 3.05) is 4.72 Å². The van der Waals surface area contributed by atoms with Crippen LogP contribution in [0.2, 0.25) is 0 Å². The molecule has 1 aromatic carbocycles. The highest BCUT2D eigenvalue weighted by atomic mass is 32.2. The van der Waals surface area contributed by atoms with Crippen LogP contribution in [-0.2, 0) is 14.8 Å². The molecular formula is C11H11F2NO4S. The van der Waals surface area contributed by atoms with Crippen LogP contribution in [0.4, 0.5) is 14.5 Å². The largest absolute Gasteiger partial charge is 0.478 e. The molecule has 0 spiro atoms. The summed E-state index contributed by atoms with van der Waals surface area (Å²) in [6.07, 6.45) is 2.08. The summed E-state index contributed by atoms with van der Waals surface area (Å²) in [5.41, 5.74) is 0.796. The second-order valence-corrected chi connectivity index (χ2v) is 5.30. The van der Waals surface area contributed by atoms with Crippen molar-refractivity contribution in [3.05, 3.63) is 35.4 Å². The molecule has 2 N–H and O–H groups in total. The third kappa shape index (κ3) is 4.32. The van der Waals surface area contributed by atoms with Crippen LogP contribution in [0, 0.1) is 6.92 Å². The highest BCUT2D eigenvalue weighted by Gasteiger charge is 2.24. The summed E-state index contributed by atoms with van der Waals surface area (Å²) < 4.78 is 48.4. The molecule has 0 aliphatic heterocycles. The van der Waals surface area contributed by atoms with Gasteiger partial charge in [-0.3, -0.25) is 4.72 Å². The van der Waals surface area contributed by atoms with Crippen molar-refractivity contribution < 1.29 is 27.1 Å². The van der Waals surface area contributed by atoms with E-state index < -0.39 is 21.8 Å². The minimum Gasteiger partial charge on any atom is -0.478 e. The zero-order valence-corrected chi connectivity index (χ0v) is 10.6. The van der Waals surface area contributed by atoms with Crippen LogP contribution in [0.25, 0.3) is 6.08 Å². The molecule has 0 amide bonds. The van der Waals surface area contributed by atoms with Crippen LogP contribution >= 0.6 is 0 Å². The number of halogens is 2. The number of carbonyl (C=O) groups is 1. The molecule has 0 saturated carbocycles. The molecule has 0 radical (unpaired) electrons. The van der Waals surface area contributed by atoms with Gasteiger partial charge in [-0.1, -0.05) is 12.1 Å². The lowest BCUT2D eigenvalue weighted by Gasteiger charge is -2.10. The normalized spacial score (nSPS) is 12.0. The van der Waals surface area contributed by atoms with Gasteiger partial charge in [-0.25, -0.2) is 13.2 Å². The van der Waals surface area contributed by atoms with E-state index in [0.29, 0.717) is 11.1 Å². The molecule has 104 valence electrons. The Balaban J connectivity index is 3.08. The highest BCUT2D eigenvalue weighted by molar-refractivity contribution is 7.93. The summed E-state index contributed by atoms with van der Waals surface area (Å²) in [7, 11) is -4.75. The smallest absolute Gasteiger partial charge is 0.355 e.